The van der Waals surface area contributed by atoms with Crippen molar-refractivity contribution in [2.75, 3.05) is 20.7 Å². The van der Waals surface area contributed by atoms with Crippen LogP contribution >= 0.6 is 0 Å². The van der Waals surface area contributed by atoms with Crippen molar-refractivity contribution in [2.45, 2.75) is 19.9 Å². The number of pyridine rings is 1. The first-order valence-corrected chi connectivity index (χ1v) is 6.38. The summed E-state index contributed by atoms with van der Waals surface area (Å²) in [5.74, 6) is 0.845. The fraction of sp³-hybridized carbons (Fsp3) is 0.429. The van der Waals surface area contributed by atoms with Crippen molar-refractivity contribution in [1.29, 1.82) is 0 Å². The molecule has 0 bridgehead atoms. The van der Waals surface area contributed by atoms with Crippen LogP contribution in [0.2, 0.25) is 0 Å². The molecule has 0 saturated carbocycles. The third kappa shape index (κ3) is 3.79. The van der Waals surface area contributed by atoms with E-state index in [-0.39, 0.29) is 0 Å². The first-order chi connectivity index (χ1) is 9.21. The zero-order valence-electron chi connectivity index (χ0n) is 11.7. The number of ether oxygens (including phenoxy) is 1. The van der Waals surface area contributed by atoms with Gasteiger partial charge in [0.1, 0.15) is 5.75 Å². The van der Waals surface area contributed by atoms with Crippen LogP contribution in [0.25, 0.3) is 0 Å². The first kappa shape index (κ1) is 13.5. The summed E-state index contributed by atoms with van der Waals surface area (Å²) in [6.45, 7) is 3.62. The summed E-state index contributed by atoms with van der Waals surface area (Å²) in [5, 5.41) is 3.12. The summed E-state index contributed by atoms with van der Waals surface area (Å²) in [5.41, 5.74) is 3.04. The molecule has 0 atom stereocenters. The van der Waals surface area contributed by atoms with Crippen LogP contribution < -0.4 is 10.1 Å². The van der Waals surface area contributed by atoms with Gasteiger partial charge < -0.3 is 14.6 Å². The van der Waals surface area contributed by atoms with Crippen molar-refractivity contribution >= 4 is 0 Å². The number of methoxy groups -OCH3 is 1. The topological polar surface area (TPSA) is 52.0 Å². The predicted molar refractivity (Wildman–Crippen MR) is 74.5 cm³/mol. The van der Waals surface area contributed by atoms with Crippen molar-refractivity contribution < 1.29 is 4.74 Å². The Labute approximate surface area is 113 Å². The van der Waals surface area contributed by atoms with Gasteiger partial charge in [-0.3, -0.25) is 4.98 Å². The van der Waals surface area contributed by atoms with Gasteiger partial charge in [0, 0.05) is 37.0 Å². The maximum Gasteiger partial charge on any atom is 0.122 e. The lowest BCUT2D eigenvalue weighted by Gasteiger charge is -2.06. The lowest BCUT2D eigenvalue weighted by molar-refractivity contribution is 0.413. The van der Waals surface area contributed by atoms with Crippen molar-refractivity contribution in [1.82, 2.24) is 19.9 Å². The van der Waals surface area contributed by atoms with Gasteiger partial charge in [0.05, 0.1) is 31.4 Å². The minimum Gasteiger partial charge on any atom is -0.497 e. The van der Waals surface area contributed by atoms with Crippen LogP contribution in [0.4, 0.5) is 0 Å². The van der Waals surface area contributed by atoms with Gasteiger partial charge in [-0.15, -0.1) is 0 Å². The molecule has 1 N–H and O–H groups in total. The molecule has 0 aliphatic carbocycles. The molecule has 19 heavy (non-hydrogen) atoms. The Balaban J connectivity index is 2.08. The van der Waals surface area contributed by atoms with E-state index >= 15 is 0 Å². The number of likely N-dealkylation sites (N-methyl/N-ethyl adjacent to an activating group) is 1. The Hall–Kier alpha value is -1.88. The molecule has 0 aliphatic rings. The molecule has 5 nitrogen and oxygen atoms in total. The Morgan fingerprint density at radius 3 is 2.89 bits per heavy atom. The second-order valence-corrected chi connectivity index (χ2v) is 4.53. The van der Waals surface area contributed by atoms with Crippen LogP contribution in [0.15, 0.2) is 24.7 Å². The summed E-state index contributed by atoms with van der Waals surface area (Å²) >= 11 is 0. The highest BCUT2D eigenvalue weighted by Crippen LogP contribution is 2.14. The van der Waals surface area contributed by atoms with E-state index in [1.165, 1.54) is 0 Å². The lowest BCUT2D eigenvalue weighted by atomic mass is 10.3. The number of hydrogen-bond donors (Lipinski definition) is 1. The van der Waals surface area contributed by atoms with E-state index in [2.05, 4.69) is 21.5 Å². The smallest absolute Gasteiger partial charge is 0.122 e. The molecule has 2 aromatic heterocycles. The number of hydrogen-bond acceptors (Lipinski definition) is 4. The normalized spacial score (nSPS) is 10.7. The standard InChI is InChI=1S/C14H20N4O/c1-11-6-14(19-3)7-13(17-11)9-18-8-12(16-10-18)4-5-15-2/h6-8,10,15H,4-5,9H2,1-3H3. The summed E-state index contributed by atoms with van der Waals surface area (Å²) in [7, 11) is 3.62. The molecule has 0 spiro atoms. The van der Waals surface area contributed by atoms with E-state index in [0.717, 1.165) is 35.8 Å². The quantitative estimate of drug-likeness (QED) is 0.853. The number of rotatable bonds is 6. The summed E-state index contributed by atoms with van der Waals surface area (Å²) in [4.78, 5) is 8.89. The SMILES string of the molecule is CNCCc1cn(Cc2cc(OC)cc(C)n2)cn1. The van der Waals surface area contributed by atoms with Crippen molar-refractivity contribution in [3.05, 3.63) is 41.7 Å². The fourth-order valence-corrected chi connectivity index (χ4v) is 1.96. The van der Waals surface area contributed by atoms with Gasteiger partial charge in [0.25, 0.3) is 0 Å². The van der Waals surface area contributed by atoms with Gasteiger partial charge in [-0.05, 0) is 14.0 Å². The number of aromatic nitrogens is 3. The second-order valence-electron chi connectivity index (χ2n) is 4.53. The molecule has 0 aromatic carbocycles. The van der Waals surface area contributed by atoms with E-state index < -0.39 is 0 Å². The molecule has 0 amide bonds. The van der Waals surface area contributed by atoms with E-state index in [4.69, 9.17) is 4.74 Å². The molecule has 0 unspecified atom stereocenters. The highest BCUT2D eigenvalue weighted by atomic mass is 16.5. The van der Waals surface area contributed by atoms with Gasteiger partial charge in [-0.1, -0.05) is 0 Å². The van der Waals surface area contributed by atoms with Gasteiger partial charge >= 0.3 is 0 Å². The van der Waals surface area contributed by atoms with E-state index in [9.17, 15) is 0 Å². The summed E-state index contributed by atoms with van der Waals surface area (Å²) in [6, 6.07) is 3.88. The predicted octanol–water partition coefficient (Wildman–Crippen LogP) is 1.41. The maximum atomic E-state index is 5.26. The number of aryl methyl sites for hydroxylation is 1. The minimum atomic E-state index is 0.713. The number of nitrogens with zero attached hydrogens (tertiary/aromatic N) is 3. The highest BCUT2D eigenvalue weighted by Gasteiger charge is 2.03. The Morgan fingerprint density at radius 2 is 2.16 bits per heavy atom. The molecule has 2 rings (SSSR count). The molecule has 2 aromatic rings. The average Bonchev–Trinajstić information content (AvgIpc) is 2.83. The Morgan fingerprint density at radius 1 is 1.32 bits per heavy atom. The first-order valence-electron chi connectivity index (χ1n) is 6.38. The van der Waals surface area contributed by atoms with Crippen LogP contribution in [-0.4, -0.2) is 35.2 Å². The van der Waals surface area contributed by atoms with Crippen LogP contribution in [0.5, 0.6) is 5.75 Å². The van der Waals surface area contributed by atoms with Crippen LogP contribution in [0, 0.1) is 6.92 Å². The van der Waals surface area contributed by atoms with E-state index in [0.29, 0.717) is 6.54 Å². The van der Waals surface area contributed by atoms with Gasteiger partial charge in [0.15, 0.2) is 0 Å². The molecular formula is C14H20N4O. The summed E-state index contributed by atoms with van der Waals surface area (Å²) < 4.78 is 7.31. The molecule has 5 heteroatoms. The molecule has 0 saturated heterocycles. The fourth-order valence-electron chi connectivity index (χ4n) is 1.96. The molecule has 0 aliphatic heterocycles. The lowest BCUT2D eigenvalue weighted by Crippen LogP contribution is -2.10. The van der Waals surface area contributed by atoms with E-state index in [1.807, 2.05) is 37.0 Å². The molecule has 102 valence electrons. The third-order valence-corrected chi connectivity index (χ3v) is 2.88. The molecule has 0 radical (unpaired) electrons. The zero-order valence-corrected chi connectivity index (χ0v) is 11.7. The molecule has 0 fully saturated rings. The van der Waals surface area contributed by atoms with Gasteiger partial charge in [0.2, 0.25) is 0 Å². The van der Waals surface area contributed by atoms with Crippen LogP contribution in [0.1, 0.15) is 17.1 Å². The Bertz CT molecular complexity index is 536. The number of nitrogens with one attached hydrogen (secondary N) is 1. The zero-order chi connectivity index (χ0) is 13.7. The van der Waals surface area contributed by atoms with Gasteiger partial charge in [-0.2, -0.15) is 0 Å². The highest BCUT2D eigenvalue weighted by molar-refractivity contribution is 5.26. The van der Waals surface area contributed by atoms with Crippen LogP contribution in [-0.2, 0) is 13.0 Å². The Kier molecular flexibility index (Phi) is 4.52. The number of imidazole rings is 1. The van der Waals surface area contributed by atoms with Gasteiger partial charge in [-0.25, -0.2) is 4.98 Å². The summed E-state index contributed by atoms with van der Waals surface area (Å²) in [6.07, 6.45) is 4.85. The van der Waals surface area contributed by atoms with E-state index in [1.54, 1.807) is 7.11 Å². The molecule has 2 heterocycles. The van der Waals surface area contributed by atoms with Crippen molar-refractivity contribution in [2.24, 2.45) is 0 Å². The van der Waals surface area contributed by atoms with Crippen molar-refractivity contribution in [3.8, 4) is 5.75 Å². The largest absolute Gasteiger partial charge is 0.497 e. The third-order valence-electron chi connectivity index (χ3n) is 2.88. The molecular weight excluding hydrogens is 240 g/mol. The van der Waals surface area contributed by atoms with Crippen LogP contribution in [0.3, 0.4) is 0 Å². The van der Waals surface area contributed by atoms with Crippen molar-refractivity contribution in [3.63, 3.8) is 0 Å². The second kappa shape index (κ2) is 6.33. The maximum absolute atomic E-state index is 5.26. The minimum absolute atomic E-state index is 0.713. The monoisotopic (exact) mass is 260 g/mol. The average molecular weight is 260 g/mol.